The zero-order chi connectivity index (χ0) is 16.9. The monoisotopic (exact) mass is 341 g/mol. The number of nitrogens with zero attached hydrogens (tertiary/aromatic N) is 3. The molecule has 122 valence electrons. The highest BCUT2D eigenvalue weighted by Crippen LogP contribution is 2.32. The maximum Gasteiger partial charge on any atom is 0.313 e. The molecule has 1 N–H and O–H groups in total. The van der Waals surface area contributed by atoms with Crippen molar-refractivity contribution in [2.24, 2.45) is 0 Å². The van der Waals surface area contributed by atoms with Gasteiger partial charge in [0.05, 0.1) is 18.6 Å². The van der Waals surface area contributed by atoms with E-state index in [1.165, 1.54) is 0 Å². The van der Waals surface area contributed by atoms with Gasteiger partial charge in [0.15, 0.2) is 11.0 Å². The molecule has 6 nitrogen and oxygen atoms in total. The smallest absolute Gasteiger partial charge is 0.313 e. The second-order valence-electron chi connectivity index (χ2n) is 4.86. The molecule has 0 aliphatic heterocycles. The Bertz CT molecular complexity index is 849. The van der Waals surface area contributed by atoms with Crippen LogP contribution in [-0.2, 0) is 4.79 Å². The van der Waals surface area contributed by atoms with Crippen molar-refractivity contribution in [1.82, 2.24) is 14.8 Å². The van der Waals surface area contributed by atoms with Crippen LogP contribution in [0.5, 0.6) is 5.75 Å². The highest BCUT2D eigenvalue weighted by molar-refractivity contribution is 7.99. The zero-order valence-electron chi connectivity index (χ0n) is 12.9. The summed E-state index contributed by atoms with van der Waals surface area (Å²) in [5.41, 5.74) is 1.65. The summed E-state index contributed by atoms with van der Waals surface area (Å²) < 4.78 is 7.26. The van der Waals surface area contributed by atoms with E-state index in [1.54, 1.807) is 7.11 Å². The second-order valence-corrected chi connectivity index (χ2v) is 5.80. The van der Waals surface area contributed by atoms with Gasteiger partial charge in [0.2, 0.25) is 0 Å². The van der Waals surface area contributed by atoms with Crippen LogP contribution in [0.15, 0.2) is 59.8 Å². The Kier molecular flexibility index (Phi) is 4.81. The van der Waals surface area contributed by atoms with Gasteiger partial charge in [-0.15, -0.1) is 10.2 Å². The van der Waals surface area contributed by atoms with E-state index in [2.05, 4.69) is 10.2 Å². The molecule has 0 aliphatic carbocycles. The molecule has 1 aromatic heterocycles. The number of para-hydroxylation sites is 2. The Morgan fingerprint density at radius 3 is 2.54 bits per heavy atom. The van der Waals surface area contributed by atoms with Crippen molar-refractivity contribution in [3.05, 3.63) is 54.6 Å². The first-order chi connectivity index (χ1) is 11.7. The molecule has 0 saturated heterocycles. The summed E-state index contributed by atoms with van der Waals surface area (Å²) in [6, 6.07) is 17.1. The average Bonchev–Trinajstić information content (AvgIpc) is 3.04. The normalized spacial score (nSPS) is 10.5. The van der Waals surface area contributed by atoms with Crippen molar-refractivity contribution in [3.8, 4) is 22.8 Å². The molecule has 0 saturated carbocycles. The highest BCUT2D eigenvalue weighted by atomic mass is 32.2. The molecule has 3 rings (SSSR count). The van der Waals surface area contributed by atoms with Crippen LogP contribution < -0.4 is 4.74 Å². The van der Waals surface area contributed by atoms with Gasteiger partial charge in [-0.05, 0) is 12.1 Å². The largest absolute Gasteiger partial charge is 0.495 e. The summed E-state index contributed by atoms with van der Waals surface area (Å²) in [7, 11) is 1.59. The lowest BCUT2D eigenvalue weighted by Gasteiger charge is -2.13. The van der Waals surface area contributed by atoms with Gasteiger partial charge in [0.1, 0.15) is 5.75 Å². The number of rotatable bonds is 6. The number of hydrogen-bond acceptors (Lipinski definition) is 5. The fraction of sp³-hybridized carbons (Fsp3) is 0.118. The summed E-state index contributed by atoms with van der Waals surface area (Å²) in [5.74, 6) is 0.290. The molecule has 0 unspecified atom stereocenters. The molecule has 0 bridgehead atoms. The zero-order valence-corrected chi connectivity index (χ0v) is 13.7. The van der Waals surface area contributed by atoms with E-state index < -0.39 is 5.97 Å². The minimum atomic E-state index is -0.907. The first-order valence-corrected chi connectivity index (χ1v) is 8.18. The Morgan fingerprint density at radius 2 is 1.83 bits per heavy atom. The number of aliphatic carboxylic acids is 1. The number of aromatic nitrogens is 3. The number of carboxylic acid groups (broad SMARTS) is 1. The van der Waals surface area contributed by atoms with Crippen LogP contribution in [0.4, 0.5) is 0 Å². The van der Waals surface area contributed by atoms with Crippen LogP contribution >= 0.6 is 11.8 Å². The third kappa shape index (κ3) is 3.26. The van der Waals surface area contributed by atoms with Gasteiger partial charge in [0.25, 0.3) is 0 Å². The van der Waals surface area contributed by atoms with Gasteiger partial charge < -0.3 is 9.84 Å². The van der Waals surface area contributed by atoms with Crippen LogP contribution in [0.25, 0.3) is 17.1 Å². The van der Waals surface area contributed by atoms with Gasteiger partial charge in [-0.3, -0.25) is 9.36 Å². The van der Waals surface area contributed by atoms with Crippen LogP contribution in [0, 0.1) is 0 Å². The highest BCUT2D eigenvalue weighted by Gasteiger charge is 2.19. The number of benzene rings is 2. The maximum atomic E-state index is 10.9. The Morgan fingerprint density at radius 1 is 1.12 bits per heavy atom. The number of carbonyl (C=O) groups is 1. The minimum absolute atomic E-state index is 0.0952. The molecule has 0 fully saturated rings. The minimum Gasteiger partial charge on any atom is -0.495 e. The van der Waals surface area contributed by atoms with Crippen molar-refractivity contribution in [1.29, 1.82) is 0 Å². The second kappa shape index (κ2) is 7.18. The Hall–Kier alpha value is -2.80. The molecular weight excluding hydrogens is 326 g/mol. The SMILES string of the molecule is COc1ccccc1-n1c(SCC(=O)O)nnc1-c1ccccc1. The third-order valence-corrected chi connectivity index (χ3v) is 4.23. The Balaban J connectivity index is 2.16. The number of thioether (sulfide) groups is 1. The lowest BCUT2D eigenvalue weighted by Crippen LogP contribution is -2.04. The molecule has 0 amide bonds. The molecule has 24 heavy (non-hydrogen) atoms. The molecule has 0 radical (unpaired) electrons. The van der Waals surface area contributed by atoms with Crippen molar-refractivity contribution in [2.45, 2.75) is 5.16 Å². The molecular formula is C17H15N3O3S. The lowest BCUT2D eigenvalue weighted by atomic mass is 10.2. The van der Waals surface area contributed by atoms with Gasteiger partial charge in [-0.25, -0.2) is 0 Å². The topological polar surface area (TPSA) is 77.2 Å². The van der Waals surface area contributed by atoms with Crippen LogP contribution in [0.2, 0.25) is 0 Å². The van der Waals surface area contributed by atoms with Gasteiger partial charge in [0, 0.05) is 5.56 Å². The summed E-state index contributed by atoms with van der Waals surface area (Å²) >= 11 is 1.12. The van der Waals surface area contributed by atoms with Gasteiger partial charge >= 0.3 is 5.97 Å². The number of hydrogen-bond donors (Lipinski definition) is 1. The summed E-state index contributed by atoms with van der Waals surface area (Å²) in [6.07, 6.45) is 0. The molecule has 2 aromatic carbocycles. The predicted molar refractivity (Wildman–Crippen MR) is 91.7 cm³/mol. The summed E-state index contributed by atoms with van der Waals surface area (Å²) in [4.78, 5) is 10.9. The van der Waals surface area contributed by atoms with E-state index in [1.807, 2.05) is 59.2 Å². The van der Waals surface area contributed by atoms with E-state index in [-0.39, 0.29) is 5.75 Å². The van der Waals surface area contributed by atoms with Crippen molar-refractivity contribution in [2.75, 3.05) is 12.9 Å². The van der Waals surface area contributed by atoms with Crippen molar-refractivity contribution < 1.29 is 14.6 Å². The fourth-order valence-corrected chi connectivity index (χ4v) is 2.96. The molecule has 1 heterocycles. The summed E-state index contributed by atoms with van der Waals surface area (Å²) in [5, 5.41) is 17.9. The fourth-order valence-electron chi connectivity index (χ4n) is 2.30. The molecule has 0 atom stereocenters. The average molecular weight is 341 g/mol. The van der Waals surface area contributed by atoms with E-state index in [0.29, 0.717) is 16.7 Å². The van der Waals surface area contributed by atoms with Crippen molar-refractivity contribution in [3.63, 3.8) is 0 Å². The van der Waals surface area contributed by atoms with Crippen LogP contribution in [0.1, 0.15) is 0 Å². The first kappa shape index (κ1) is 16.1. The maximum absolute atomic E-state index is 10.9. The van der Waals surface area contributed by atoms with Crippen LogP contribution in [-0.4, -0.2) is 38.7 Å². The van der Waals surface area contributed by atoms with Gasteiger partial charge in [-0.2, -0.15) is 0 Å². The van der Waals surface area contributed by atoms with E-state index in [0.717, 1.165) is 23.0 Å². The molecule has 3 aromatic rings. The number of carboxylic acids is 1. The van der Waals surface area contributed by atoms with E-state index in [9.17, 15) is 4.79 Å². The molecule has 7 heteroatoms. The lowest BCUT2D eigenvalue weighted by molar-refractivity contribution is -0.133. The van der Waals surface area contributed by atoms with Crippen molar-refractivity contribution >= 4 is 17.7 Å². The van der Waals surface area contributed by atoms with Gasteiger partial charge in [-0.1, -0.05) is 54.2 Å². The number of ether oxygens (including phenoxy) is 1. The summed E-state index contributed by atoms with van der Waals surface area (Å²) in [6.45, 7) is 0. The quantitative estimate of drug-likeness (QED) is 0.694. The third-order valence-electron chi connectivity index (χ3n) is 3.32. The standard InChI is InChI=1S/C17H15N3O3S/c1-23-14-10-6-5-9-13(14)20-16(12-7-3-2-4-8-12)18-19-17(20)24-11-15(21)22/h2-10H,11H2,1H3,(H,21,22). The number of methoxy groups -OCH3 is 1. The Labute approximate surface area is 143 Å². The first-order valence-electron chi connectivity index (χ1n) is 7.19. The van der Waals surface area contributed by atoms with Crippen LogP contribution in [0.3, 0.4) is 0 Å². The predicted octanol–water partition coefficient (Wildman–Crippen LogP) is 3.12. The van der Waals surface area contributed by atoms with E-state index in [4.69, 9.17) is 9.84 Å². The van der Waals surface area contributed by atoms with E-state index >= 15 is 0 Å². The molecule has 0 spiro atoms. The molecule has 0 aliphatic rings.